The van der Waals surface area contributed by atoms with Gasteiger partial charge in [0.15, 0.2) is 0 Å². The molecule has 0 saturated carbocycles. The average molecular weight is 271 g/mol. The third-order valence-corrected chi connectivity index (χ3v) is 3.07. The molecule has 0 aliphatic carbocycles. The van der Waals surface area contributed by atoms with Gasteiger partial charge in [-0.1, -0.05) is 35.0 Å². The number of nitrogens with two attached hydrogens (primary N) is 1. The van der Waals surface area contributed by atoms with Gasteiger partial charge in [0, 0.05) is 16.3 Å². The number of benzene rings is 2. The molecule has 0 atom stereocenters. The lowest BCUT2D eigenvalue weighted by Gasteiger charge is -2.08. The predicted molar refractivity (Wildman–Crippen MR) is 76.2 cm³/mol. The van der Waals surface area contributed by atoms with Crippen molar-refractivity contribution >= 4 is 17.3 Å². The van der Waals surface area contributed by atoms with Crippen molar-refractivity contribution in [2.75, 3.05) is 5.73 Å². The third-order valence-electron chi connectivity index (χ3n) is 2.84. The summed E-state index contributed by atoms with van der Waals surface area (Å²) in [7, 11) is 0. The van der Waals surface area contributed by atoms with Gasteiger partial charge in [0.2, 0.25) is 0 Å². The molecule has 0 aliphatic rings. The van der Waals surface area contributed by atoms with E-state index in [0.29, 0.717) is 10.7 Å². The fourth-order valence-corrected chi connectivity index (χ4v) is 2.13. The van der Waals surface area contributed by atoms with Gasteiger partial charge >= 0.3 is 0 Å². The highest BCUT2D eigenvalue weighted by Gasteiger charge is 2.11. The van der Waals surface area contributed by atoms with Crippen molar-refractivity contribution in [1.29, 1.82) is 0 Å². The van der Waals surface area contributed by atoms with Crippen molar-refractivity contribution < 1.29 is 0 Å². The number of nitrogen functional groups attached to an aromatic ring is 1. The zero-order valence-electron chi connectivity index (χ0n) is 9.99. The van der Waals surface area contributed by atoms with Crippen LogP contribution in [0, 0.1) is 0 Å². The Labute approximate surface area is 115 Å². The molecule has 2 aromatic carbocycles. The van der Waals surface area contributed by atoms with E-state index in [-0.39, 0.29) is 0 Å². The molecule has 94 valence electrons. The Morgan fingerprint density at radius 2 is 1.84 bits per heavy atom. The zero-order valence-corrected chi connectivity index (χ0v) is 10.7. The highest BCUT2D eigenvalue weighted by Crippen LogP contribution is 2.29. The van der Waals surface area contributed by atoms with Gasteiger partial charge in [0.25, 0.3) is 0 Å². The number of halogens is 1. The van der Waals surface area contributed by atoms with Gasteiger partial charge in [-0.25, -0.2) is 4.68 Å². The maximum Gasteiger partial charge on any atom is 0.0964 e. The van der Waals surface area contributed by atoms with Crippen molar-refractivity contribution in [3.63, 3.8) is 0 Å². The normalized spacial score (nSPS) is 10.6. The topological polar surface area (TPSA) is 56.7 Å². The van der Waals surface area contributed by atoms with Crippen LogP contribution in [0.2, 0.25) is 5.02 Å². The molecule has 5 heteroatoms. The first-order chi connectivity index (χ1) is 9.25. The lowest BCUT2D eigenvalue weighted by molar-refractivity contribution is 0.808. The maximum absolute atomic E-state index is 6.01. The van der Waals surface area contributed by atoms with Crippen molar-refractivity contribution in [1.82, 2.24) is 15.0 Å². The monoisotopic (exact) mass is 270 g/mol. The van der Waals surface area contributed by atoms with Gasteiger partial charge in [-0.3, -0.25) is 0 Å². The summed E-state index contributed by atoms with van der Waals surface area (Å²) in [5.74, 6) is 0. The summed E-state index contributed by atoms with van der Waals surface area (Å²) in [6.45, 7) is 0. The van der Waals surface area contributed by atoms with E-state index in [9.17, 15) is 0 Å². The van der Waals surface area contributed by atoms with Crippen LogP contribution < -0.4 is 5.73 Å². The number of nitrogens with zero attached hydrogens (tertiary/aromatic N) is 3. The van der Waals surface area contributed by atoms with E-state index < -0.39 is 0 Å². The first-order valence-corrected chi connectivity index (χ1v) is 6.15. The molecule has 3 aromatic rings. The van der Waals surface area contributed by atoms with E-state index in [1.807, 2.05) is 36.4 Å². The minimum Gasteiger partial charge on any atom is -0.398 e. The minimum atomic E-state index is 0.604. The van der Waals surface area contributed by atoms with Crippen LogP contribution in [0.1, 0.15) is 0 Å². The fraction of sp³-hybridized carbons (Fsp3) is 0. The molecule has 1 aromatic heterocycles. The second-order valence-electron chi connectivity index (χ2n) is 4.10. The molecule has 19 heavy (non-hydrogen) atoms. The van der Waals surface area contributed by atoms with Crippen LogP contribution >= 0.6 is 11.6 Å². The molecule has 0 fully saturated rings. The average Bonchev–Trinajstić information content (AvgIpc) is 2.89. The van der Waals surface area contributed by atoms with Gasteiger partial charge in [0.1, 0.15) is 0 Å². The van der Waals surface area contributed by atoms with Crippen molar-refractivity contribution in [3.05, 3.63) is 59.8 Å². The van der Waals surface area contributed by atoms with E-state index in [1.165, 1.54) is 0 Å². The molecule has 0 saturated heterocycles. The summed E-state index contributed by atoms with van der Waals surface area (Å²) in [5, 5.41) is 8.68. The van der Waals surface area contributed by atoms with E-state index in [4.69, 9.17) is 17.3 Å². The van der Waals surface area contributed by atoms with E-state index in [0.717, 1.165) is 16.9 Å². The standard InChI is InChI=1S/C14H11ClN4/c15-10-6-7-12(13(16)8-10)14-9-17-18-19(14)11-4-2-1-3-5-11/h1-9H,16H2. The lowest BCUT2D eigenvalue weighted by Crippen LogP contribution is -2.00. The van der Waals surface area contributed by atoms with Crippen LogP contribution in [0.15, 0.2) is 54.7 Å². The lowest BCUT2D eigenvalue weighted by atomic mass is 10.1. The Bertz CT molecular complexity index is 706. The molecule has 0 unspecified atom stereocenters. The van der Waals surface area contributed by atoms with Crippen molar-refractivity contribution in [2.45, 2.75) is 0 Å². The van der Waals surface area contributed by atoms with Crippen LogP contribution in [-0.2, 0) is 0 Å². The summed E-state index contributed by atoms with van der Waals surface area (Å²) < 4.78 is 1.75. The van der Waals surface area contributed by atoms with Crippen LogP contribution in [0.4, 0.5) is 5.69 Å². The van der Waals surface area contributed by atoms with Gasteiger partial charge < -0.3 is 5.73 Å². The molecular weight excluding hydrogens is 260 g/mol. The molecule has 3 rings (SSSR count). The maximum atomic E-state index is 6.01. The van der Waals surface area contributed by atoms with Crippen LogP contribution in [0.3, 0.4) is 0 Å². The number of rotatable bonds is 2. The SMILES string of the molecule is Nc1cc(Cl)ccc1-c1cnnn1-c1ccccc1. The van der Waals surface area contributed by atoms with Crippen LogP contribution in [-0.4, -0.2) is 15.0 Å². The Hall–Kier alpha value is -2.33. The summed E-state index contributed by atoms with van der Waals surface area (Å²) in [5.41, 5.74) is 9.24. The van der Waals surface area contributed by atoms with Crippen LogP contribution in [0.5, 0.6) is 0 Å². The molecule has 0 amide bonds. The Kier molecular flexibility index (Phi) is 2.93. The number of para-hydroxylation sites is 1. The first-order valence-electron chi connectivity index (χ1n) is 5.77. The number of hydrogen-bond acceptors (Lipinski definition) is 3. The van der Waals surface area contributed by atoms with Crippen LogP contribution in [0.25, 0.3) is 16.9 Å². The van der Waals surface area contributed by atoms with Gasteiger partial charge in [-0.15, -0.1) is 5.10 Å². The van der Waals surface area contributed by atoms with Crippen molar-refractivity contribution in [3.8, 4) is 16.9 Å². The Morgan fingerprint density at radius 1 is 1.05 bits per heavy atom. The number of anilines is 1. The summed E-state index contributed by atoms with van der Waals surface area (Å²) in [6, 6.07) is 15.2. The Balaban J connectivity index is 2.15. The predicted octanol–water partition coefficient (Wildman–Crippen LogP) is 3.17. The van der Waals surface area contributed by atoms with Crippen molar-refractivity contribution in [2.24, 2.45) is 0 Å². The molecule has 0 radical (unpaired) electrons. The molecule has 4 nitrogen and oxygen atoms in total. The largest absolute Gasteiger partial charge is 0.398 e. The number of aromatic nitrogens is 3. The second-order valence-corrected chi connectivity index (χ2v) is 4.53. The fourth-order valence-electron chi connectivity index (χ4n) is 1.95. The molecular formula is C14H11ClN4. The van der Waals surface area contributed by atoms with Gasteiger partial charge in [-0.2, -0.15) is 0 Å². The molecule has 1 heterocycles. The van der Waals surface area contributed by atoms with Gasteiger partial charge in [0.05, 0.1) is 17.6 Å². The molecule has 2 N–H and O–H groups in total. The van der Waals surface area contributed by atoms with E-state index >= 15 is 0 Å². The second kappa shape index (κ2) is 4.74. The van der Waals surface area contributed by atoms with Gasteiger partial charge in [-0.05, 0) is 30.3 Å². The minimum absolute atomic E-state index is 0.604. The first kappa shape index (κ1) is 11.7. The smallest absolute Gasteiger partial charge is 0.0964 e. The zero-order chi connectivity index (χ0) is 13.2. The summed E-state index contributed by atoms with van der Waals surface area (Å²) in [4.78, 5) is 0. The van der Waals surface area contributed by atoms with E-state index in [1.54, 1.807) is 23.0 Å². The quantitative estimate of drug-likeness (QED) is 0.728. The molecule has 0 spiro atoms. The summed E-state index contributed by atoms with van der Waals surface area (Å²) >= 11 is 5.92. The highest BCUT2D eigenvalue weighted by molar-refractivity contribution is 6.31. The summed E-state index contributed by atoms with van der Waals surface area (Å²) in [6.07, 6.45) is 1.69. The molecule has 0 aliphatic heterocycles. The Morgan fingerprint density at radius 3 is 2.58 bits per heavy atom. The highest BCUT2D eigenvalue weighted by atomic mass is 35.5. The third kappa shape index (κ3) is 2.18. The van der Waals surface area contributed by atoms with E-state index in [2.05, 4.69) is 10.3 Å². The molecule has 0 bridgehead atoms. The number of hydrogen-bond donors (Lipinski definition) is 1.